The number of hydrogen-bond donors (Lipinski definition) is 2. The molecule has 6 nitrogen and oxygen atoms in total. The lowest BCUT2D eigenvalue weighted by molar-refractivity contribution is 0.274. The summed E-state index contributed by atoms with van der Waals surface area (Å²) < 4.78 is 5.92. The zero-order chi connectivity index (χ0) is 21.7. The Labute approximate surface area is 187 Å². The fourth-order valence-corrected chi connectivity index (χ4v) is 3.88. The van der Waals surface area contributed by atoms with E-state index in [4.69, 9.17) is 9.73 Å². The van der Waals surface area contributed by atoms with Crippen LogP contribution in [-0.4, -0.2) is 81.8 Å². The lowest BCUT2D eigenvalue weighted by Gasteiger charge is -2.20. The Hall–Kier alpha value is -2.31. The van der Waals surface area contributed by atoms with Gasteiger partial charge in [-0.05, 0) is 69.4 Å². The zero-order valence-electron chi connectivity index (χ0n) is 19.3. The molecule has 2 aromatic carbocycles. The van der Waals surface area contributed by atoms with Crippen LogP contribution in [0.15, 0.2) is 47.5 Å². The number of guanidine groups is 1. The maximum atomic E-state index is 5.92. The molecule has 0 aromatic heterocycles. The maximum Gasteiger partial charge on any atom is 0.191 e. The van der Waals surface area contributed by atoms with Gasteiger partial charge in [-0.2, -0.15) is 0 Å². The molecule has 0 radical (unpaired) electrons. The number of nitrogens with one attached hydrogen (secondary N) is 2. The zero-order valence-corrected chi connectivity index (χ0v) is 19.3. The molecule has 2 aromatic rings. The molecule has 1 saturated heterocycles. The third kappa shape index (κ3) is 8.38. The van der Waals surface area contributed by atoms with E-state index in [0.29, 0.717) is 6.61 Å². The number of nitrogens with zero attached hydrogens (tertiary/aromatic N) is 3. The predicted molar refractivity (Wildman–Crippen MR) is 131 cm³/mol. The molecule has 1 fully saturated rings. The molecular weight excluding hydrogens is 386 g/mol. The van der Waals surface area contributed by atoms with Gasteiger partial charge in [0, 0.05) is 39.1 Å². The van der Waals surface area contributed by atoms with Crippen molar-refractivity contribution in [2.24, 2.45) is 4.99 Å². The maximum absolute atomic E-state index is 5.92. The first kappa shape index (κ1) is 23.4. The Bertz CT molecular complexity index is 809. The average molecular weight is 426 g/mol. The molecule has 0 spiro atoms. The number of likely N-dealkylation sites (N-methyl/N-ethyl adjacent to an activating group) is 1. The van der Waals surface area contributed by atoms with Crippen molar-refractivity contribution in [3.63, 3.8) is 0 Å². The van der Waals surface area contributed by atoms with Crippen molar-refractivity contribution in [2.45, 2.75) is 26.2 Å². The average Bonchev–Trinajstić information content (AvgIpc) is 3.00. The first-order valence-electron chi connectivity index (χ1n) is 11.8. The summed E-state index contributed by atoms with van der Waals surface area (Å²) in [6, 6.07) is 14.6. The van der Waals surface area contributed by atoms with E-state index < -0.39 is 0 Å². The Morgan fingerprint density at radius 2 is 1.87 bits per heavy atom. The van der Waals surface area contributed by atoms with Gasteiger partial charge in [-0.1, -0.05) is 30.3 Å². The summed E-state index contributed by atoms with van der Waals surface area (Å²) in [5, 5.41) is 9.27. The molecular formula is C25H39N5O. The monoisotopic (exact) mass is 425 g/mol. The SMILES string of the molecule is CCNC(=NCCCOc1ccc2ccccc2c1)NCCCN1CCCN(C)CC1. The van der Waals surface area contributed by atoms with Crippen molar-refractivity contribution in [2.75, 3.05) is 66.0 Å². The van der Waals surface area contributed by atoms with Crippen LogP contribution >= 0.6 is 0 Å². The van der Waals surface area contributed by atoms with Gasteiger partial charge >= 0.3 is 0 Å². The molecule has 0 bridgehead atoms. The molecule has 0 atom stereocenters. The number of fused-ring (bicyclic) bond motifs is 1. The Kier molecular flexibility index (Phi) is 9.93. The van der Waals surface area contributed by atoms with Crippen molar-refractivity contribution >= 4 is 16.7 Å². The minimum Gasteiger partial charge on any atom is -0.494 e. The Morgan fingerprint density at radius 3 is 2.74 bits per heavy atom. The number of rotatable bonds is 10. The molecule has 2 N–H and O–H groups in total. The van der Waals surface area contributed by atoms with Crippen LogP contribution in [0.2, 0.25) is 0 Å². The van der Waals surface area contributed by atoms with Gasteiger partial charge in [0.2, 0.25) is 0 Å². The second kappa shape index (κ2) is 13.2. The highest BCUT2D eigenvalue weighted by Crippen LogP contribution is 2.20. The van der Waals surface area contributed by atoms with Crippen LogP contribution < -0.4 is 15.4 Å². The van der Waals surface area contributed by atoms with Gasteiger partial charge < -0.3 is 25.2 Å². The fraction of sp³-hybridized carbons (Fsp3) is 0.560. The first-order chi connectivity index (χ1) is 15.2. The van der Waals surface area contributed by atoms with E-state index in [-0.39, 0.29) is 0 Å². The first-order valence-corrected chi connectivity index (χ1v) is 11.8. The summed E-state index contributed by atoms with van der Waals surface area (Å²) in [7, 11) is 2.22. The summed E-state index contributed by atoms with van der Waals surface area (Å²) >= 11 is 0. The number of aliphatic imine (C=N–C) groups is 1. The Morgan fingerprint density at radius 1 is 1.00 bits per heavy atom. The molecule has 0 unspecified atom stereocenters. The topological polar surface area (TPSA) is 52.1 Å². The van der Waals surface area contributed by atoms with Gasteiger partial charge in [-0.25, -0.2) is 0 Å². The molecule has 1 aliphatic heterocycles. The molecule has 1 aliphatic rings. The van der Waals surface area contributed by atoms with Crippen LogP contribution in [-0.2, 0) is 0 Å². The van der Waals surface area contributed by atoms with Gasteiger partial charge in [0.05, 0.1) is 6.61 Å². The standard InChI is InChI=1S/C25H39N5O/c1-3-26-25(27-13-6-16-30-17-8-15-29(2)18-19-30)28-14-7-20-31-24-12-11-22-9-4-5-10-23(22)21-24/h4-5,9-12,21H,3,6-8,13-20H2,1-2H3,(H2,26,27,28). The largest absolute Gasteiger partial charge is 0.494 e. The smallest absolute Gasteiger partial charge is 0.191 e. The summed E-state index contributed by atoms with van der Waals surface area (Å²) in [4.78, 5) is 9.71. The fourth-order valence-electron chi connectivity index (χ4n) is 3.88. The predicted octanol–water partition coefficient (Wildman–Crippen LogP) is 3.19. The van der Waals surface area contributed by atoms with Gasteiger partial charge in [0.15, 0.2) is 5.96 Å². The van der Waals surface area contributed by atoms with E-state index in [1.165, 1.54) is 43.4 Å². The summed E-state index contributed by atoms with van der Waals surface area (Å²) in [5.41, 5.74) is 0. The van der Waals surface area contributed by atoms with Gasteiger partial charge in [-0.3, -0.25) is 4.99 Å². The molecule has 31 heavy (non-hydrogen) atoms. The van der Waals surface area contributed by atoms with Crippen molar-refractivity contribution < 1.29 is 4.74 Å². The van der Waals surface area contributed by atoms with Gasteiger partial charge in [0.25, 0.3) is 0 Å². The van der Waals surface area contributed by atoms with E-state index >= 15 is 0 Å². The van der Waals surface area contributed by atoms with E-state index in [9.17, 15) is 0 Å². The summed E-state index contributed by atoms with van der Waals surface area (Å²) in [6.07, 6.45) is 3.30. The highest BCUT2D eigenvalue weighted by molar-refractivity contribution is 5.83. The minimum absolute atomic E-state index is 0.671. The number of ether oxygens (including phenoxy) is 1. The highest BCUT2D eigenvalue weighted by atomic mass is 16.5. The second-order valence-electron chi connectivity index (χ2n) is 8.25. The Balaban J connectivity index is 1.33. The summed E-state index contributed by atoms with van der Waals surface area (Å²) in [6.45, 7) is 11.3. The number of benzene rings is 2. The van der Waals surface area contributed by atoms with Crippen LogP contribution in [0.25, 0.3) is 10.8 Å². The van der Waals surface area contributed by atoms with Crippen LogP contribution in [0.3, 0.4) is 0 Å². The quantitative estimate of drug-likeness (QED) is 0.348. The third-order valence-corrected chi connectivity index (χ3v) is 5.66. The normalized spacial score (nSPS) is 16.3. The van der Waals surface area contributed by atoms with Crippen LogP contribution in [0.5, 0.6) is 5.75 Å². The van der Waals surface area contributed by atoms with Crippen LogP contribution in [0, 0.1) is 0 Å². The lowest BCUT2D eigenvalue weighted by atomic mass is 10.1. The molecule has 0 amide bonds. The molecule has 3 rings (SSSR count). The van der Waals surface area contributed by atoms with E-state index in [1.807, 2.05) is 6.07 Å². The molecule has 1 heterocycles. The van der Waals surface area contributed by atoms with Crippen molar-refractivity contribution in [3.05, 3.63) is 42.5 Å². The highest BCUT2D eigenvalue weighted by Gasteiger charge is 2.11. The molecule has 170 valence electrons. The van der Waals surface area contributed by atoms with E-state index in [1.54, 1.807) is 0 Å². The van der Waals surface area contributed by atoms with Crippen LogP contribution in [0.4, 0.5) is 0 Å². The minimum atomic E-state index is 0.671. The molecule has 0 saturated carbocycles. The van der Waals surface area contributed by atoms with Gasteiger partial charge in [-0.15, -0.1) is 0 Å². The van der Waals surface area contributed by atoms with Crippen molar-refractivity contribution in [1.82, 2.24) is 20.4 Å². The number of hydrogen-bond acceptors (Lipinski definition) is 4. The van der Waals surface area contributed by atoms with Crippen molar-refractivity contribution in [1.29, 1.82) is 0 Å². The van der Waals surface area contributed by atoms with E-state index in [0.717, 1.165) is 50.7 Å². The molecule has 6 heteroatoms. The van der Waals surface area contributed by atoms with E-state index in [2.05, 4.69) is 70.8 Å². The summed E-state index contributed by atoms with van der Waals surface area (Å²) in [5.74, 6) is 1.83. The third-order valence-electron chi connectivity index (χ3n) is 5.66. The lowest BCUT2D eigenvalue weighted by Crippen LogP contribution is -2.39. The van der Waals surface area contributed by atoms with Crippen molar-refractivity contribution in [3.8, 4) is 5.75 Å². The molecule has 0 aliphatic carbocycles. The second-order valence-corrected chi connectivity index (χ2v) is 8.25. The van der Waals surface area contributed by atoms with Crippen LogP contribution in [0.1, 0.15) is 26.2 Å². The van der Waals surface area contributed by atoms with Gasteiger partial charge in [0.1, 0.15) is 5.75 Å².